The molecular formula is C23H26N2O2. The first-order chi connectivity index (χ1) is 13.1. The van der Waals surface area contributed by atoms with Crippen molar-refractivity contribution in [1.29, 1.82) is 5.26 Å². The molecule has 0 amide bonds. The van der Waals surface area contributed by atoms with Crippen LogP contribution in [-0.2, 0) is 6.42 Å². The van der Waals surface area contributed by atoms with Crippen LogP contribution in [0.4, 0.5) is 5.69 Å². The van der Waals surface area contributed by atoms with Crippen LogP contribution in [0.15, 0.2) is 60.8 Å². The number of nitrogens with zero attached hydrogens (tertiary/aromatic N) is 1. The van der Waals surface area contributed by atoms with Crippen LogP contribution in [0, 0.1) is 11.3 Å². The number of allylic oxidation sites excluding steroid dienone is 2. The topological polar surface area (TPSA) is 54.3 Å². The number of nitriles is 1. The van der Waals surface area contributed by atoms with E-state index in [2.05, 4.69) is 18.0 Å². The van der Waals surface area contributed by atoms with E-state index in [0.717, 1.165) is 33.9 Å². The van der Waals surface area contributed by atoms with Gasteiger partial charge in [0, 0.05) is 23.9 Å². The molecule has 4 heteroatoms. The summed E-state index contributed by atoms with van der Waals surface area (Å²) in [7, 11) is 0. The molecule has 140 valence electrons. The van der Waals surface area contributed by atoms with Gasteiger partial charge in [0.25, 0.3) is 0 Å². The number of nitrogens with one attached hydrogen (secondary N) is 1. The van der Waals surface area contributed by atoms with Crippen LogP contribution < -0.4 is 14.8 Å². The molecule has 0 saturated carbocycles. The van der Waals surface area contributed by atoms with Crippen LogP contribution in [-0.4, -0.2) is 13.2 Å². The first-order valence-corrected chi connectivity index (χ1v) is 9.08. The predicted octanol–water partition coefficient (Wildman–Crippen LogP) is 5.58. The first-order valence-electron chi connectivity index (χ1n) is 9.08. The monoisotopic (exact) mass is 362 g/mol. The van der Waals surface area contributed by atoms with Crippen LogP contribution in [0.5, 0.6) is 11.5 Å². The average molecular weight is 362 g/mol. The molecule has 0 fully saturated rings. The molecule has 0 saturated heterocycles. The van der Waals surface area contributed by atoms with Crippen molar-refractivity contribution in [3.8, 4) is 17.6 Å². The number of hydrogen-bond donors (Lipinski definition) is 1. The van der Waals surface area contributed by atoms with Gasteiger partial charge in [-0.15, -0.1) is 0 Å². The fraction of sp³-hybridized carbons (Fsp3) is 0.261. The van der Waals surface area contributed by atoms with Gasteiger partial charge in [-0.05, 0) is 56.2 Å². The van der Waals surface area contributed by atoms with Gasteiger partial charge in [0.1, 0.15) is 11.5 Å². The lowest BCUT2D eigenvalue weighted by atomic mass is 9.99. The zero-order valence-corrected chi connectivity index (χ0v) is 16.2. The fourth-order valence-corrected chi connectivity index (χ4v) is 2.75. The Bertz CT molecular complexity index is 821. The van der Waals surface area contributed by atoms with Crippen molar-refractivity contribution in [3.63, 3.8) is 0 Å². The molecule has 27 heavy (non-hydrogen) atoms. The minimum absolute atomic E-state index is 0.479. The molecule has 0 unspecified atom stereocenters. The molecule has 0 atom stereocenters. The Labute approximate surface area is 161 Å². The largest absolute Gasteiger partial charge is 0.493 e. The summed E-state index contributed by atoms with van der Waals surface area (Å²) in [4.78, 5) is 0. The maximum Gasteiger partial charge on any atom is 0.130 e. The number of rotatable bonds is 9. The smallest absolute Gasteiger partial charge is 0.130 e. The Hall–Kier alpha value is -3.19. The zero-order chi connectivity index (χ0) is 19.6. The summed E-state index contributed by atoms with van der Waals surface area (Å²) in [6, 6.07) is 15.9. The summed E-state index contributed by atoms with van der Waals surface area (Å²) in [5.41, 5.74) is 4.27. The SMILES string of the molecule is C=C(C)c1c(OCC)cc(CC(C#N)=CNc2ccccc2)cc1OCC. The number of anilines is 1. The Morgan fingerprint density at radius 1 is 1.11 bits per heavy atom. The summed E-state index contributed by atoms with van der Waals surface area (Å²) in [5, 5.41) is 12.7. The van der Waals surface area contributed by atoms with Crippen molar-refractivity contribution in [1.82, 2.24) is 0 Å². The maximum atomic E-state index is 9.52. The third-order valence-electron chi connectivity index (χ3n) is 3.88. The number of hydrogen-bond acceptors (Lipinski definition) is 4. The highest BCUT2D eigenvalue weighted by molar-refractivity contribution is 5.73. The van der Waals surface area contributed by atoms with Crippen molar-refractivity contribution in [2.45, 2.75) is 27.2 Å². The first kappa shape index (κ1) is 20.1. The standard InChI is InChI=1S/C23H26N2O2/c1-5-26-21-13-18(14-22(27-6-2)23(21)17(3)4)12-19(15-24)16-25-20-10-8-7-9-11-20/h7-11,13-14,16,25H,3,5-6,12H2,1-2,4H3. The quantitative estimate of drug-likeness (QED) is 0.592. The molecule has 1 N–H and O–H groups in total. The predicted molar refractivity (Wildman–Crippen MR) is 111 cm³/mol. The van der Waals surface area contributed by atoms with Gasteiger partial charge in [-0.2, -0.15) is 5.26 Å². The molecule has 0 aromatic heterocycles. The Morgan fingerprint density at radius 2 is 1.70 bits per heavy atom. The van der Waals surface area contributed by atoms with Gasteiger partial charge in [-0.1, -0.05) is 24.8 Å². The van der Waals surface area contributed by atoms with Gasteiger partial charge in [0.05, 0.1) is 24.8 Å². The molecule has 0 aliphatic heterocycles. The molecule has 0 spiro atoms. The van der Waals surface area contributed by atoms with Gasteiger partial charge >= 0.3 is 0 Å². The molecule has 2 aromatic carbocycles. The van der Waals surface area contributed by atoms with Gasteiger partial charge in [-0.25, -0.2) is 0 Å². The molecule has 4 nitrogen and oxygen atoms in total. The molecule has 2 aromatic rings. The highest BCUT2D eigenvalue weighted by Crippen LogP contribution is 2.36. The number of para-hydroxylation sites is 1. The summed E-state index contributed by atoms with van der Waals surface area (Å²) >= 11 is 0. The van der Waals surface area contributed by atoms with Crippen LogP contribution >= 0.6 is 0 Å². The van der Waals surface area contributed by atoms with Crippen molar-refractivity contribution < 1.29 is 9.47 Å². The second-order valence-electron chi connectivity index (χ2n) is 6.08. The maximum absolute atomic E-state index is 9.52. The average Bonchev–Trinajstić information content (AvgIpc) is 2.66. The van der Waals surface area contributed by atoms with E-state index in [1.54, 1.807) is 6.20 Å². The normalized spacial score (nSPS) is 10.8. The van der Waals surface area contributed by atoms with Gasteiger partial charge < -0.3 is 14.8 Å². The zero-order valence-electron chi connectivity index (χ0n) is 16.2. The highest BCUT2D eigenvalue weighted by Gasteiger charge is 2.15. The van der Waals surface area contributed by atoms with Gasteiger partial charge in [0.15, 0.2) is 0 Å². The van der Waals surface area contributed by atoms with E-state index in [0.29, 0.717) is 25.2 Å². The molecule has 2 rings (SSSR count). The molecule has 0 bridgehead atoms. The highest BCUT2D eigenvalue weighted by atomic mass is 16.5. The fourth-order valence-electron chi connectivity index (χ4n) is 2.75. The Balaban J connectivity index is 2.33. The molecule has 0 heterocycles. The van der Waals surface area contributed by atoms with Crippen molar-refractivity contribution >= 4 is 11.3 Å². The summed E-state index contributed by atoms with van der Waals surface area (Å²) in [6.45, 7) is 11.0. The van der Waals surface area contributed by atoms with E-state index in [4.69, 9.17) is 9.47 Å². The van der Waals surface area contributed by atoms with Crippen molar-refractivity contribution in [2.24, 2.45) is 0 Å². The Kier molecular flexibility index (Phi) is 7.51. The lowest BCUT2D eigenvalue weighted by Gasteiger charge is -2.17. The summed E-state index contributed by atoms with van der Waals surface area (Å²) < 4.78 is 11.6. The van der Waals surface area contributed by atoms with Crippen LogP contribution in [0.25, 0.3) is 5.57 Å². The number of benzene rings is 2. The summed E-state index contributed by atoms with van der Waals surface area (Å²) in [6.07, 6.45) is 2.22. The van der Waals surface area contributed by atoms with Crippen molar-refractivity contribution in [3.05, 3.63) is 71.9 Å². The van der Waals surface area contributed by atoms with Crippen LogP contribution in [0.3, 0.4) is 0 Å². The van der Waals surface area contributed by atoms with Gasteiger partial charge in [-0.3, -0.25) is 0 Å². The van der Waals surface area contributed by atoms with Gasteiger partial charge in [0.2, 0.25) is 0 Å². The lowest BCUT2D eigenvalue weighted by Crippen LogP contribution is -2.03. The Morgan fingerprint density at radius 3 is 2.19 bits per heavy atom. The minimum Gasteiger partial charge on any atom is -0.493 e. The van der Waals surface area contributed by atoms with E-state index in [1.165, 1.54) is 0 Å². The van der Waals surface area contributed by atoms with Crippen LogP contribution in [0.1, 0.15) is 31.9 Å². The third kappa shape index (κ3) is 5.65. The van der Waals surface area contributed by atoms with E-state index < -0.39 is 0 Å². The molecule has 0 aliphatic rings. The lowest BCUT2D eigenvalue weighted by molar-refractivity contribution is 0.321. The van der Waals surface area contributed by atoms with E-state index >= 15 is 0 Å². The second kappa shape index (κ2) is 10.1. The minimum atomic E-state index is 0.479. The van der Waals surface area contributed by atoms with E-state index in [9.17, 15) is 5.26 Å². The number of ether oxygens (including phenoxy) is 2. The summed E-state index contributed by atoms with van der Waals surface area (Å²) in [5.74, 6) is 1.47. The van der Waals surface area contributed by atoms with Crippen molar-refractivity contribution in [2.75, 3.05) is 18.5 Å². The van der Waals surface area contributed by atoms with E-state index in [1.807, 2.05) is 63.2 Å². The molecule has 0 radical (unpaired) electrons. The van der Waals surface area contributed by atoms with E-state index in [-0.39, 0.29) is 0 Å². The van der Waals surface area contributed by atoms with Crippen LogP contribution in [0.2, 0.25) is 0 Å². The molecular weight excluding hydrogens is 336 g/mol. The second-order valence-corrected chi connectivity index (χ2v) is 6.08. The third-order valence-corrected chi connectivity index (χ3v) is 3.88. The molecule has 0 aliphatic carbocycles.